The van der Waals surface area contributed by atoms with Gasteiger partial charge in [0.25, 0.3) is 0 Å². The predicted octanol–water partition coefficient (Wildman–Crippen LogP) is 3.21. The van der Waals surface area contributed by atoms with Gasteiger partial charge in [-0.2, -0.15) is 0 Å². The summed E-state index contributed by atoms with van der Waals surface area (Å²) in [4.78, 5) is 0. The summed E-state index contributed by atoms with van der Waals surface area (Å²) in [5.74, 6) is 1.11. The number of rotatable bonds is 4. The normalized spacial score (nSPS) is 17.9. The molecule has 1 atom stereocenters. The fraction of sp³-hybridized carbons (Fsp3) is 0.538. The van der Waals surface area contributed by atoms with E-state index in [1.54, 1.807) is 6.26 Å². The third-order valence-electron chi connectivity index (χ3n) is 3.15. The van der Waals surface area contributed by atoms with Gasteiger partial charge >= 0.3 is 0 Å². The summed E-state index contributed by atoms with van der Waals surface area (Å²) in [5, 5.41) is 3.39. The number of furan rings is 1. The van der Waals surface area contributed by atoms with Crippen molar-refractivity contribution in [2.45, 2.75) is 38.6 Å². The molecule has 2 heteroatoms. The zero-order chi connectivity index (χ0) is 10.7. The maximum atomic E-state index is 5.49. The van der Waals surface area contributed by atoms with Crippen LogP contribution in [0.15, 0.2) is 28.4 Å². The van der Waals surface area contributed by atoms with Gasteiger partial charge in [0.1, 0.15) is 5.76 Å². The standard InChI is InChI=1S/C13H19NO/c1-3-12-11(8-9-15-12)13(14-2)10-6-4-5-7-10/h6,8-9,13-14H,3-5,7H2,1-2H3. The Morgan fingerprint density at radius 2 is 2.40 bits per heavy atom. The summed E-state index contributed by atoms with van der Waals surface area (Å²) >= 11 is 0. The second kappa shape index (κ2) is 4.67. The minimum Gasteiger partial charge on any atom is -0.469 e. The molecule has 0 aliphatic heterocycles. The average molecular weight is 205 g/mol. The van der Waals surface area contributed by atoms with Crippen molar-refractivity contribution in [3.05, 3.63) is 35.3 Å². The summed E-state index contributed by atoms with van der Waals surface area (Å²) < 4.78 is 5.49. The van der Waals surface area contributed by atoms with Crippen LogP contribution in [-0.2, 0) is 6.42 Å². The first-order chi connectivity index (χ1) is 7.36. The Kier molecular flexibility index (Phi) is 3.27. The van der Waals surface area contributed by atoms with Crippen molar-refractivity contribution in [1.82, 2.24) is 5.32 Å². The van der Waals surface area contributed by atoms with Crippen molar-refractivity contribution in [2.75, 3.05) is 7.05 Å². The summed E-state index contributed by atoms with van der Waals surface area (Å²) in [6.07, 6.45) is 8.88. The number of hydrogen-bond donors (Lipinski definition) is 1. The van der Waals surface area contributed by atoms with E-state index in [2.05, 4.69) is 24.4 Å². The molecule has 0 bridgehead atoms. The Morgan fingerprint density at radius 3 is 3.00 bits per heavy atom. The van der Waals surface area contributed by atoms with E-state index in [4.69, 9.17) is 4.42 Å². The molecule has 1 unspecified atom stereocenters. The zero-order valence-electron chi connectivity index (χ0n) is 9.55. The first kappa shape index (κ1) is 10.5. The highest BCUT2D eigenvalue weighted by atomic mass is 16.3. The van der Waals surface area contributed by atoms with Crippen LogP contribution in [0.3, 0.4) is 0 Å². The molecule has 1 aromatic heterocycles. The van der Waals surface area contributed by atoms with E-state index in [0.29, 0.717) is 6.04 Å². The van der Waals surface area contributed by atoms with E-state index >= 15 is 0 Å². The summed E-state index contributed by atoms with van der Waals surface area (Å²) in [6, 6.07) is 2.46. The number of aryl methyl sites for hydroxylation is 1. The van der Waals surface area contributed by atoms with Gasteiger partial charge in [-0.05, 0) is 32.4 Å². The molecule has 1 aromatic rings. The first-order valence-electron chi connectivity index (χ1n) is 5.79. The SMILES string of the molecule is CCc1occc1C(NC)C1=CCCC1. The molecule has 15 heavy (non-hydrogen) atoms. The van der Waals surface area contributed by atoms with Gasteiger partial charge in [-0.1, -0.05) is 18.6 Å². The maximum absolute atomic E-state index is 5.49. The van der Waals surface area contributed by atoms with Crippen LogP contribution in [0.1, 0.15) is 43.6 Å². The minimum atomic E-state index is 0.362. The lowest BCUT2D eigenvalue weighted by Gasteiger charge is -2.17. The van der Waals surface area contributed by atoms with E-state index < -0.39 is 0 Å². The van der Waals surface area contributed by atoms with Crippen LogP contribution in [0.5, 0.6) is 0 Å². The lowest BCUT2D eigenvalue weighted by molar-refractivity contribution is 0.503. The zero-order valence-corrected chi connectivity index (χ0v) is 9.55. The van der Waals surface area contributed by atoms with Gasteiger partial charge in [-0.15, -0.1) is 0 Å². The van der Waals surface area contributed by atoms with Gasteiger partial charge in [0.05, 0.1) is 12.3 Å². The van der Waals surface area contributed by atoms with Crippen molar-refractivity contribution in [2.24, 2.45) is 0 Å². The van der Waals surface area contributed by atoms with Gasteiger partial charge in [0.15, 0.2) is 0 Å². The van der Waals surface area contributed by atoms with Crippen molar-refractivity contribution in [3.63, 3.8) is 0 Å². The Labute approximate surface area is 91.4 Å². The molecular formula is C13H19NO. The highest BCUT2D eigenvalue weighted by Gasteiger charge is 2.20. The van der Waals surface area contributed by atoms with Gasteiger partial charge in [0, 0.05) is 12.0 Å². The fourth-order valence-electron chi connectivity index (χ4n) is 2.39. The lowest BCUT2D eigenvalue weighted by Crippen LogP contribution is -2.18. The molecule has 1 aliphatic rings. The molecule has 1 heterocycles. The molecule has 0 aromatic carbocycles. The Balaban J connectivity index is 2.26. The van der Waals surface area contributed by atoms with Gasteiger partial charge < -0.3 is 9.73 Å². The van der Waals surface area contributed by atoms with Crippen LogP contribution >= 0.6 is 0 Å². The molecule has 2 nitrogen and oxygen atoms in total. The minimum absolute atomic E-state index is 0.362. The Morgan fingerprint density at radius 1 is 1.53 bits per heavy atom. The molecule has 0 spiro atoms. The van der Waals surface area contributed by atoms with Crippen molar-refractivity contribution >= 4 is 0 Å². The van der Waals surface area contributed by atoms with Crippen LogP contribution in [0.4, 0.5) is 0 Å². The second-order valence-electron chi connectivity index (χ2n) is 4.05. The third-order valence-corrected chi connectivity index (χ3v) is 3.15. The second-order valence-corrected chi connectivity index (χ2v) is 4.05. The summed E-state index contributed by atoms with van der Waals surface area (Å²) in [5.41, 5.74) is 2.83. The quantitative estimate of drug-likeness (QED) is 0.763. The third kappa shape index (κ3) is 2.00. The van der Waals surface area contributed by atoms with Gasteiger partial charge in [0.2, 0.25) is 0 Å². The van der Waals surface area contributed by atoms with Crippen LogP contribution in [0.2, 0.25) is 0 Å². The largest absolute Gasteiger partial charge is 0.469 e. The van der Waals surface area contributed by atoms with E-state index in [1.807, 2.05) is 7.05 Å². The van der Waals surface area contributed by atoms with Crippen LogP contribution in [0, 0.1) is 0 Å². The highest BCUT2D eigenvalue weighted by molar-refractivity contribution is 5.31. The van der Waals surface area contributed by atoms with E-state index in [0.717, 1.165) is 12.2 Å². The Bertz CT molecular complexity index is 351. The number of nitrogens with one attached hydrogen (secondary N) is 1. The molecule has 82 valence electrons. The molecule has 0 saturated heterocycles. The van der Waals surface area contributed by atoms with Gasteiger partial charge in [-0.25, -0.2) is 0 Å². The van der Waals surface area contributed by atoms with Crippen LogP contribution in [-0.4, -0.2) is 7.05 Å². The predicted molar refractivity (Wildman–Crippen MR) is 61.8 cm³/mol. The Hall–Kier alpha value is -1.02. The van der Waals surface area contributed by atoms with Crippen molar-refractivity contribution < 1.29 is 4.42 Å². The first-order valence-corrected chi connectivity index (χ1v) is 5.79. The monoisotopic (exact) mass is 205 g/mol. The molecule has 1 N–H and O–H groups in total. The van der Waals surface area contributed by atoms with Crippen molar-refractivity contribution in [3.8, 4) is 0 Å². The molecule has 0 amide bonds. The number of allylic oxidation sites excluding steroid dienone is 1. The van der Waals surface area contributed by atoms with E-state index in [-0.39, 0.29) is 0 Å². The molecule has 2 rings (SSSR count). The van der Waals surface area contributed by atoms with E-state index in [9.17, 15) is 0 Å². The number of likely N-dealkylation sites (N-methyl/N-ethyl adjacent to an activating group) is 1. The van der Waals surface area contributed by atoms with Crippen LogP contribution < -0.4 is 5.32 Å². The molecular weight excluding hydrogens is 186 g/mol. The smallest absolute Gasteiger partial charge is 0.108 e. The topological polar surface area (TPSA) is 25.2 Å². The molecule has 0 fully saturated rings. The maximum Gasteiger partial charge on any atom is 0.108 e. The summed E-state index contributed by atoms with van der Waals surface area (Å²) in [6.45, 7) is 2.14. The molecule has 1 aliphatic carbocycles. The summed E-state index contributed by atoms with van der Waals surface area (Å²) in [7, 11) is 2.02. The lowest BCUT2D eigenvalue weighted by atomic mass is 9.98. The number of hydrogen-bond acceptors (Lipinski definition) is 2. The van der Waals surface area contributed by atoms with E-state index in [1.165, 1.54) is 30.4 Å². The molecule has 0 radical (unpaired) electrons. The molecule has 0 saturated carbocycles. The van der Waals surface area contributed by atoms with Gasteiger partial charge in [-0.3, -0.25) is 0 Å². The fourth-order valence-corrected chi connectivity index (χ4v) is 2.39. The average Bonchev–Trinajstić information content (AvgIpc) is 2.89. The van der Waals surface area contributed by atoms with Crippen molar-refractivity contribution in [1.29, 1.82) is 0 Å². The van der Waals surface area contributed by atoms with Crippen LogP contribution in [0.25, 0.3) is 0 Å². The highest BCUT2D eigenvalue weighted by Crippen LogP contribution is 2.32.